The first-order valence-corrected chi connectivity index (χ1v) is 7.17. The van der Waals surface area contributed by atoms with Gasteiger partial charge in [-0.3, -0.25) is 4.79 Å². The average Bonchev–Trinajstić information content (AvgIpc) is 2.80. The van der Waals surface area contributed by atoms with E-state index in [2.05, 4.69) is 0 Å². The van der Waals surface area contributed by atoms with Crippen molar-refractivity contribution < 1.29 is 28.9 Å². The molecule has 21 heavy (non-hydrogen) atoms. The molecule has 0 aliphatic carbocycles. The number of carboxylic acid groups (broad SMARTS) is 1. The highest BCUT2D eigenvalue weighted by Gasteiger charge is 2.30. The predicted molar refractivity (Wildman–Crippen MR) is 75.2 cm³/mol. The fourth-order valence-electron chi connectivity index (χ4n) is 1.89. The zero-order valence-corrected chi connectivity index (χ0v) is 13.0. The van der Waals surface area contributed by atoms with Crippen LogP contribution in [0.15, 0.2) is 0 Å². The topological polar surface area (TPSA) is 85.3 Å². The van der Waals surface area contributed by atoms with E-state index in [1.165, 1.54) is 0 Å². The maximum Gasteiger partial charge on any atom is 0.410 e. The smallest absolute Gasteiger partial charge is 0.410 e. The molecule has 1 N–H and O–H groups in total. The Hall–Kier alpha value is -1.34. The summed E-state index contributed by atoms with van der Waals surface area (Å²) in [5.74, 6) is -0.875. The summed E-state index contributed by atoms with van der Waals surface area (Å²) < 4.78 is 16.0. The Morgan fingerprint density at radius 3 is 2.57 bits per heavy atom. The first-order valence-electron chi connectivity index (χ1n) is 7.17. The second-order valence-corrected chi connectivity index (χ2v) is 5.96. The lowest BCUT2D eigenvalue weighted by Crippen LogP contribution is -2.36. The van der Waals surface area contributed by atoms with Crippen molar-refractivity contribution in [2.45, 2.75) is 45.3 Å². The van der Waals surface area contributed by atoms with Crippen LogP contribution in [0.3, 0.4) is 0 Å². The Labute approximate surface area is 125 Å². The third-order valence-corrected chi connectivity index (χ3v) is 2.84. The van der Waals surface area contributed by atoms with Gasteiger partial charge in [-0.15, -0.1) is 0 Å². The Kier molecular flexibility index (Phi) is 6.91. The van der Waals surface area contributed by atoms with Crippen molar-refractivity contribution in [1.82, 2.24) is 4.90 Å². The van der Waals surface area contributed by atoms with Crippen LogP contribution in [0.1, 0.15) is 33.6 Å². The highest BCUT2D eigenvalue weighted by molar-refractivity contribution is 5.68. The van der Waals surface area contributed by atoms with Gasteiger partial charge < -0.3 is 24.2 Å². The minimum absolute atomic E-state index is 0.00412. The molecule has 0 spiro atoms. The molecule has 7 nitrogen and oxygen atoms in total. The van der Waals surface area contributed by atoms with Gasteiger partial charge in [0.25, 0.3) is 0 Å². The van der Waals surface area contributed by atoms with Crippen LogP contribution in [0.5, 0.6) is 0 Å². The van der Waals surface area contributed by atoms with Gasteiger partial charge in [0.05, 0.1) is 38.9 Å². The number of hydrogen-bond donors (Lipinski definition) is 1. The zero-order valence-electron chi connectivity index (χ0n) is 13.0. The number of aliphatic carboxylic acids is 1. The van der Waals surface area contributed by atoms with Crippen LogP contribution < -0.4 is 0 Å². The number of hydrogen-bond acceptors (Lipinski definition) is 5. The molecule has 1 fully saturated rings. The van der Waals surface area contributed by atoms with Gasteiger partial charge in [-0.2, -0.15) is 0 Å². The van der Waals surface area contributed by atoms with E-state index in [-0.39, 0.29) is 25.2 Å². The molecule has 1 heterocycles. The molecule has 0 aromatic rings. The van der Waals surface area contributed by atoms with Gasteiger partial charge in [-0.1, -0.05) is 0 Å². The fraction of sp³-hybridized carbons (Fsp3) is 0.857. The SMILES string of the molecule is CC(C)(C)OC(=O)N1CCC(OCCOCCC(=O)O)C1. The number of amides is 1. The molecule has 1 saturated heterocycles. The molecule has 0 aromatic carbocycles. The van der Waals surface area contributed by atoms with Crippen molar-refractivity contribution >= 4 is 12.1 Å². The van der Waals surface area contributed by atoms with E-state index < -0.39 is 11.6 Å². The summed E-state index contributed by atoms with van der Waals surface area (Å²) in [6.45, 7) is 7.59. The molecular weight excluding hydrogens is 278 g/mol. The molecule has 1 atom stereocenters. The zero-order chi connectivity index (χ0) is 15.9. The number of carbonyl (C=O) groups is 2. The summed E-state index contributed by atoms with van der Waals surface area (Å²) in [5.41, 5.74) is -0.492. The van der Waals surface area contributed by atoms with Crippen LogP contribution in [-0.2, 0) is 19.0 Å². The highest BCUT2D eigenvalue weighted by Crippen LogP contribution is 2.17. The number of carboxylic acids is 1. The number of nitrogens with zero attached hydrogens (tertiary/aromatic N) is 1. The van der Waals surface area contributed by atoms with Crippen molar-refractivity contribution in [1.29, 1.82) is 0 Å². The maximum absolute atomic E-state index is 11.9. The second kappa shape index (κ2) is 8.19. The molecule has 1 rings (SSSR count). The Morgan fingerprint density at radius 2 is 1.95 bits per heavy atom. The summed E-state index contributed by atoms with van der Waals surface area (Å²) in [5, 5.41) is 8.44. The van der Waals surface area contributed by atoms with Crippen molar-refractivity contribution in [3.05, 3.63) is 0 Å². The van der Waals surface area contributed by atoms with E-state index in [9.17, 15) is 9.59 Å². The molecule has 122 valence electrons. The molecule has 0 radical (unpaired) electrons. The van der Waals surface area contributed by atoms with E-state index in [1.807, 2.05) is 20.8 Å². The Bertz CT molecular complexity index is 352. The number of rotatable bonds is 7. The maximum atomic E-state index is 11.9. The lowest BCUT2D eigenvalue weighted by molar-refractivity contribution is -0.138. The third-order valence-electron chi connectivity index (χ3n) is 2.84. The lowest BCUT2D eigenvalue weighted by atomic mass is 10.2. The molecule has 0 bridgehead atoms. The van der Waals surface area contributed by atoms with E-state index in [0.29, 0.717) is 26.3 Å². The van der Waals surface area contributed by atoms with E-state index in [4.69, 9.17) is 19.3 Å². The first-order chi connectivity index (χ1) is 9.78. The second-order valence-electron chi connectivity index (χ2n) is 5.96. The summed E-state index contributed by atoms with van der Waals surface area (Å²) >= 11 is 0. The fourth-order valence-corrected chi connectivity index (χ4v) is 1.89. The summed E-state index contributed by atoms with van der Waals surface area (Å²) in [4.78, 5) is 23.8. The van der Waals surface area contributed by atoms with E-state index in [1.54, 1.807) is 4.90 Å². The van der Waals surface area contributed by atoms with Crippen LogP contribution in [0.2, 0.25) is 0 Å². The van der Waals surface area contributed by atoms with Crippen LogP contribution in [0, 0.1) is 0 Å². The lowest BCUT2D eigenvalue weighted by Gasteiger charge is -2.24. The molecule has 7 heteroatoms. The van der Waals surface area contributed by atoms with Crippen molar-refractivity contribution in [3.63, 3.8) is 0 Å². The highest BCUT2D eigenvalue weighted by atomic mass is 16.6. The molecule has 1 amide bonds. The van der Waals surface area contributed by atoms with E-state index in [0.717, 1.165) is 6.42 Å². The van der Waals surface area contributed by atoms with Crippen molar-refractivity contribution in [3.8, 4) is 0 Å². The average molecular weight is 303 g/mol. The van der Waals surface area contributed by atoms with Gasteiger partial charge in [0.1, 0.15) is 5.60 Å². The monoisotopic (exact) mass is 303 g/mol. The predicted octanol–water partition coefficient (Wildman–Crippen LogP) is 1.50. The van der Waals surface area contributed by atoms with Gasteiger partial charge in [-0.25, -0.2) is 4.79 Å². The first kappa shape index (κ1) is 17.7. The molecular formula is C14H25NO6. The summed E-state index contributed by atoms with van der Waals surface area (Å²) in [7, 11) is 0. The molecule has 0 aromatic heterocycles. The van der Waals surface area contributed by atoms with Crippen LogP contribution in [0.4, 0.5) is 4.79 Å². The number of carbonyl (C=O) groups excluding carboxylic acids is 1. The third kappa shape index (κ3) is 7.87. The van der Waals surface area contributed by atoms with Gasteiger partial charge in [-0.05, 0) is 27.2 Å². The molecule has 1 unspecified atom stereocenters. The normalized spacial score (nSPS) is 18.8. The Morgan fingerprint density at radius 1 is 1.24 bits per heavy atom. The van der Waals surface area contributed by atoms with Crippen molar-refractivity contribution in [2.24, 2.45) is 0 Å². The van der Waals surface area contributed by atoms with Crippen molar-refractivity contribution in [2.75, 3.05) is 32.9 Å². The standard InChI is InChI=1S/C14H25NO6/c1-14(2,3)21-13(18)15-6-4-11(10-15)20-9-8-19-7-5-12(16)17/h11H,4-10H2,1-3H3,(H,16,17). The minimum atomic E-state index is -0.875. The van der Waals surface area contributed by atoms with Gasteiger partial charge in [0, 0.05) is 6.54 Å². The van der Waals surface area contributed by atoms with Crippen LogP contribution >= 0.6 is 0 Å². The molecule has 0 saturated carbocycles. The summed E-state index contributed by atoms with van der Waals surface area (Å²) in [6, 6.07) is 0. The van der Waals surface area contributed by atoms with Crippen LogP contribution in [-0.4, -0.2) is 66.7 Å². The van der Waals surface area contributed by atoms with Gasteiger partial charge >= 0.3 is 12.1 Å². The van der Waals surface area contributed by atoms with E-state index >= 15 is 0 Å². The molecule has 1 aliphatic rings. The number of ether oxygens (including phenoxy) is 3. The minimum Gasteiger partial charge on any atom is -0.481 e. The van der Waals surface area contributed by atoms with Crippen LogP contribution in [0.25, 0.3) is 0 Å². The summed E-state index contributed by atoms with van der Waals surface area (Å²) in [6.07, 6.45) is 0.441. The Balaban J connectivity index is 2.11. The molecule has 1 aliphatic heterocycles. The quantitative estimate of drug-likeness (QED) is 0.717. The largest absolute Gasteiger partial charge is 0.481 e. The van der Waals surface area contributed by atoms with Gasteiger partial charge in [0.15, 0.2) is 0 Å². The van der Waals surface area contributed by atoms with Gasteiger partial charge in [0.2, 0.25) is 0 Å². The number of likely N-dealkylation sites (tertiary alicyclic amines) is 1.